The average molecular weight is 206 g/mol. The van der Waals surface area contributed by atoms with Crippen LogP contribution in [-0.4, -0.2) is 17.7 Å². The lowest BCUT2D eigenvalue weighted by Gasteiger charge is -2.10. The molecule has 1 aliphatic heterocycles. The Morgan fingerprint density at radius 2 is 2.20 bits per heavy atom. The van der Waals surface area contributed by atoms with Crippen molar-refractivity contribution < 1.29 is 14.6 Å². The van der Waals surface area contributed by atoms with Gasteiger partial charge < -0.3 is 9.84 Å². The van der Waals surface area contributed by atoms with Crippen LogP contribution < -0.4 is 4.74 Å². The molecule has 1 aliphatic rings. The second-order valence-electron chi connectivity index (χ2n) is 4.12. The molecule has 1 N–H and O–H groups in total. The van der Waals surface area contributed by atoms with Crippen LogP contribution in [-0.2, 0) is 6.42 Å². The molecule has 0 spiro atoms. The van der Waals surface area contributed by atoms with Gasteiger partial charge in [0.15, 0.2) is 0 Å². The number of carboxylic acids is 1. The summed E-state index contributed by atoms with van der Waals surface area (Å²) in [6.07, 6.45) is 0.816. The second kappa shape index (κ2) is 3.57. The number of fused-ring (bicyclic) bond motifs is 1. The van der Waals surface area contributed by atoms with E-state index in [9.17, 15) is 4.79 Å². The first kappa shape index (κ1) is 10.0. The Bertz CT molecular complexity index is 408. The molecule has 0 aromatic heterocycles. The Balaban J connectivity index is 2.57. The zero-order valence-electron chi connectivity index (χ0n) is 8.91. The summed E-state index contributed by atoms with van der Waals surface area (Å²) in [5.41, 5.74) is 2.39. The topological polar surface area (TPSA) is 46.5 Å². The summed E-state index contributed by atoms with van der Waals surface area (Å²) in [5.74, 6) is -0.00319. The summed E-state index contributed by atoms with van der Waals surface area (Å²) in [6.45, 7) is 4.71. The normalized spacial score (nSPS) is 13.8. The molecule has 3 heteroatoms. The van der Waals surface area contributed by atoms with Crippen LogP contribution in [0.4, 0.5) is 0 Å². The molecule has 15 heavy (non-hydrogen) atoms. The highest BCUT2D eigenvalue weighted by molar-refractivity contribution is 5.92. The summed E-state index contributed by atoms with van der Waals surface area (Å²) in [7, 11) is 0. The number of carboxylic acid groups (broad SMARTS) is 1. The van der Waals surface area contributed by atoms with E-state index < -0.39 is 5.97 Å². The summed E-state index contributed by atoms with van der Waals surface area (Å²) in [5, 5.41) is 9.08. The van der Waals surface area contributed by atoms with Crippen molar-refractivity contribution in [1.82, 2.24) is 0 Å². The van der Waals surface area contributed by atoms with E-state index in [-0.39, 0.29) is 0 Å². The Morgan fingerprint density at radius 1 is 1.47 bits per heavy atom. The lowest BCUT2D eigenvalue weighted by molar-refractivity contribution is 0.0693. The minimum atomic E-state index is -0.907. The van der Waals surface area contributed by atoms with Gasteiger partial charge in [-0.05, 0) is 23.1 Å². The van der Waals surface area contributed by atoms with Crippen molar-refractivity contribution in [3.05, 3.63) is 28.8 Å². The van der Waals surface area contributed by atoms with Gasteiger partial charge in [-0.3, -0.25) is 0 Å². The van der Waals surface area contributed by atoms with Crippen LogP contribution in [0.5, 0.6) is 5.75 Å². The van der Waals surface area contributed by atoms with Gasteiger partial charge in [-0.1, -0.05) is 19.9 Å². The SMILES string of the molecule is CC(C)c1cc2c(c(C(=O)O)c1)OCC2. The van der Waals surface area contributed by atoms with E-state index in [2.05, 4.69) is 19.9 Å². The van der Waals surface area contributed by atoms with E-state index in [0.717, 1.165) is 17.5 Å². The summed E-state index contributed by atoms with van der Waals surface area (Å²) in [6, 6.07) is 3.77. The molecule has 0 amide bonds. The maximum atomic E-state index is 11.1. The first-order valence-corrected chi connectivity index (χ1v) is 5.12. The van der Waals surface area contributed by atoms with Gasteiger partial charge in [0.2, 0.25) is 0 Å². The number of hydrogen-bond acceptors (Lipinski definition) is 2. The van der Waals surface area contributed by atoms with E-state index in [0.29, 0.717) is 23.8 Å². The van der Waals surface area contributed by atoms with E-state index in [1.807, 2.05) is 0 Å². The molecule has 0 saturated carbocycles. The van der Waals surface area contributed by atoms with Crippen molar-refractivity contribution in [1.29, 1.82) is 0 Å². The summed E-state index contributed by atoms with van der Waals surface area (Å²) in [4.78, 5) is 11.1. The van der Waals surface area contributed by atoms with E-state index in [1.54, 1.807) is 6.07 Å². The molecule has 0 atom stereocenters. The monoisotopic (exact) mass is 206 g/mol. The molecule has 0 aliphatic carbocycles. The highest BCUT2D eigenvalue weighted by Crippen LogP contribution is 2.33. The fourth-order valence-corrected chi connectivity index (χ4v) is 1.82. The van der Waals surface area contributed by atoms with Crippen LogP contribution in [0, 0.1) is 0 Å². The standard InChI is InChI=1S/C12H14O3/c1-7(2)9-5-8-3-4-15-11(8)10(6-9)12(13)14/h5-7H,3-4H2,1-2H3,(H,13,14). The fourth-order valence-electron chi connectivity index (χ4n) is 1.82. The highest BCUT2D eigenvalue weighted by atomic mass is 16.5. The second-order valence-corrected chi connectivity index (χ2v) is 4.12. The fraction of sp³-hybridized carbons (Fsp3) is 0.417. The molecule has 1 aromatic rings. The predicted octanol–water partition coefficient (Wildman–Crippen LogP) is 2.44. The number of carbonyl (C=O) groups is 1. The van der Waals surface area contributed by atoms with Gasteiger partial charge in [-0.25, -0.2) is 4.79 Å². The third-order valence-corrected chi connectivity index (χ3v) is 2.70. The molecule has 1 heterocycles. The van der Waals surface area contributed by atoms with Crippen molar-refractivity contribution in [3.8, 4) is 5.75 Å². The molecular weight excluding hydrogens is 192 g/mol. The lowest BCUT2D eigenvalue weighted by atomic mass is 9.96. The van der Waals surface area contributed by atoms with Gasteiger partial charge in [-0.15, -0.1) is 0 Å². The zero-order chi connectivity index (χ0) is 11.0. The predicted molar refractivity (Wildman–Crippen MR) is 56.7 cm³/mol. The first-order chi connectivity index (χ1) is 7.09. The minimum Gasteiger partial charge on any atom is -0.492 e. The van der Waals surface area contributed by atoms with Crippen LogP contribution in [0.2, 0.25) is 0 Å². The molecule has 0 radical (unpaired) electrons. The quantitative estimate of drug-likeness (QED) is 0.808. The van der Waals surface area contributed by atoms with Crippen molar-refractivity contribution >= 4 is 5.97 Å². The minimum absolute atomic E-state index is 0.300. The number of ether oxygens (including phenoxy) is 1. The van der Waals surface area contributed by atoms with Crippen LogP contribution >= 0.6 is 0 Å². The number of rotatable bonds is 2. The summed E-state index contributed by atoms with van der Waals surface area (Å²) >= 11 is 0. The van der Waals surface area contributed by atoms with Crippen molar-refractivity contribution in [2.75, 3.05) is 6.61 Å². The van der Waals surface area contributed by atoms with E-state index in [4.69, 9.17) is 9.84 Å². The highest BCUT2D eigenvalue weighted by Gasteiger charge is 2.22. The Kier molecular flexibility index (Phi) is 2.39. The Hall–Kier alpha value is -1.51. The van der Waals surface area contributed by atoms with Crippen LogP contribution in [0.3, 0.4) is 0 Å². The molecule has 2 rings (SSSR count). The number of hydrogen-bond donors (Lipinski definition) is 1. The maximum Gasteiger partial charge on any atom is 0.339 e. The van der Waals surface area contributed by atoms with Gasteiger partial charge in [0, 0.05) is 6.42 Å². The van der Waals surface area contributed by atoms with Crippen LogP contribution in [0.1, 0.15) is 41.3 Å². The molecule has 0 bridgehead atoms. The largest absolute Gasteiger partial charge is 0.492 e. The number of aromatic carboxylic acids is 1. The maximum absolute atomic E-state index is 11.1. The van der Waals surface area contributed by atoms with E-state index in [1.165, 1.54) is 0 Å². The van der Waals surface area contributed by atoms with Gasteiger partial charge in [0.1, 0.15) is 11.3 Å². The molecular formula is C12H14O3. The average Bonchev–Trinajstić information content (AvgIpc) is 2.62. The molecule has 1 aromatic carbocycles. The lowest BCUT2D eigenvalue weighted by Crippen LogP contribution is -2.02. The smallest absolute Gasteiger partial charge is 0.339 e. The van der Waals surface area contributed by atoms with Gasteiger partial charge >= 0.3 is 5.97 Å². The first-order valence-electron chi connectivity index (χ1n) is 5.12. The molecule has 80 valence electrons. The van der Waals surface area contributed by atoms with Crippen LogP contribution in [0.25, 0.3) is 0 Å². The molecule has 0 saturated heterocycles. The Morgan fingerprint density at radius 3 is 2.80 bits per heavy atom. The third kappa shape index (κ3) is 1.69. The van der Waals surface area contributed by atoms with Gasteiger partial charge in [0.25, 0.3) is 0 Å². The van der Waals surface area contributed by atoms with Crippen LogP contribution in [0.15, 0.2) is 12.1 Å². The van der Waals surface area contributed by atoms with Crippen molar-refractivity contribution in [2.45, 2.75) is 26.2 Å². The van der Waals surface area contributed by atoms with E-state index >= 15 is 0 Å². The van der Waals surface area contributed by atoms with Gasteiger partial charge in [-0.2, -0.15) is 0 Å². The van der Waals surface area contributed by atoms with Crippen molar-refractivity contribution in [2.24, 2.45) is 0 Å². The number of benzene rings is 1. The molecule has 0 fully saturated rings. The third-order valence-electron chi connectivity index (χ3n) is 2.70. The molecule has 0 unspecified atom stereocenters. The molecule has 3 nitrogen and oxygen atoms in total. The Labute approximate surface area is 88.7 Å². The van der Waals surface area contributed by atoms with Gasteiger partial charge in [0.05, 0.1) is 6.61 Å². The van der Waals surface area contributed by atoms with Crippen molar-refractivity contribution in [3.63, 3.8) is 0 Å². The zero-order valence-corrected chi connectivity index (χ0v) is 8.91. The summed E-state index contributed by atoms with van der Waals surface area (Å²) < 4.78 is 5.34.